The molecule has 0 aliphatic rings. The molecule has 0 fully saturated rings. The molecule has 5 heteroatoms. The summed E-state index contributed by atoms with van der Waals surface area (Å²) in [6.45, 7) is 3.36. The van der Waals surface area contributed by atoms with Crippen molar-refractivity contribution in [1.82, 2.24) is 9.88 Å². The van der Waals surface area contributed by atoms with E-state index in [2.05, 4.69) is 9.88 Å². The first-order valence-electron chi connectivity index (χ1n) is 5.85. The van der Waals surface area contributed by atoms with Crippen LogP contribution in [0.2, 0.25) is 0 Å². The Balaban J connectivity index is 2.07. The van der Waals surface area contributed by atoms with Crippen molar-refractivity contribution in [3.63, 3.8) is 0 Å². The number of rotatable bonds is 4. The zero-order valence-electron chi connectivity index (χ0n) is 10.9. The van der Waals surface area contributed by atoms with Gasteiger partial charge in [0.2, 0.25) is 0 Å². The summed E-state index contributed by atoms with van der Waals surface area (Å²) < 4.78 is 13.3. The Morgan fingerprint density at radius 1 is 1.37 bits per heavy atom. The van der Waals surface area contributed by atoms with E-state index >= 15 is 0 Å². The lowest BCUT2D eigenvalue weighted by Gasteiger charge is -2.16. The van der Waals surface area contributed by atoms with E-state index in [1.807, 2.05) is 25.6 Å². The quantitative estimate of drug-likeness (QED) is 0.860. The topological polar surface area (TPSA) is 39.9 Å². The maximum atomic E-state index is 13.3. The molecular weight excluding hydrogens is 261 g/mol. The predicted molar refractivity (Wildman–Crippen MR) is 73.1 cm³/mol. The normalized spacial score (nSPS) is 10.7. The van der Waals surface area contributed by atoms with Crippen LogP contribution in [0.3, 0.4) is 0 Å². The number of hydrogen-bond acceptors (Lipinski definition) is 4. The standard InChI is InChI=1S/C14H14FN3S/c1-10-14(19-9-17-10)8-18(2)7-12-3-11(6-16)4-13(15)5-12/h3-5,9H,7-8H2,1-2H3. The van der Waals surface area contributed by atoms with Crippen LogP contribution in [0.25, 0.3) is 0 Å². The smallest absolute Gasteiger partial charge is 0.124 e. The largest absolute Gasteiger partial charge is 0.297 e. The lowest BCUT2D eigenvalue weighted by atomic mass is 10.1. The summed E-state index contributed by atoms with van der Waals surface area (Å²) in [6.07, 6.45) is 0. The lowest BCUT2D eigenvalue weighted by molar-refractivity contribution is 0.320. The van der Waals surface area contributed by atoms with Gasteiger partial charge >= 0.3 is 0 Å². The van der Waals surface area contributed by atoms with Gasteiger partial charge in [-0.2, -0.15) is 5.26 Å². The highest BCUT2D eigenvalue weighted by molar-refractivity contribution is 7.09. The fraction of sp³-hybridized carbons (Fsp3) is 0.286. The molecule has 1 aromatic heterocycles. The van der Waals surface area contributed by atoms with E-state index in [1.54, 1.807) is 17.4 Å². The first kappa shape index (κ1) is 13.7. The van der Waals surface area contributed by atoms with Gasteiger partial charge < -0.3 is 0 Å². The molecule has 0 aliphatic carbocycles. The molecule has 1 heterocycles. The van der Waals surface area contributed by atoms with Gasteiger partial charge in [-0.3, -0.25) is 4.90 Å². The van der Waals surface area contributed by atoms with Crippen LogP contribution >= 0.6 is 11.3 Å². The van der Waals surface area contributed by atoms with Gasteiger partial charge in [0.1, 0.15) is 5.82 Å². The van der Waals surface area contributed by atoms with Gasteiger partial charge in [-0.25, -0.2) is 9.37 Å². The summed E-state index contributed by atoms with van der Waals surface area (Å²) in [5.74, 6) is -0.364. The van der Waals surface area contributed by atoms with Crippen molar-refractivity contribution in [3.05, 3.63) is 51.2 Å². The highest BCUT2D eigenvalue weighted by atomic mass is 32.1. The molecule has 1 aromatic carbocycles. The van der Waals surface area contributed by atoms with Gasteiger partial charge in [-0.1, -0.05) is 0 Å². The maximum Gasteiger partial charge on any atom is 0.124 e. The Morgan fingerprint density at radius 2 is 2.16 bits per heavy atom. The molecule has 0 saturated heterocycles. The van der Waals surface area contributed by atoms with Gasteiger partial charge in [-0.15, -0.1) is 11.3 Å². The summed E-state index contributed by atoms with van der Waals surface area (Å²) in [5.41, 5.74) is 4.03. The highest BCUT2D eigenvalue weighted by Gasteiger charge is 2.08. The van der Waals surface area contributed by atoms with Crippen LogP contribution in [-0.2, 0) is 13.1 Å². The van der Waals surface area contributed by atoms with E-state index in [0.717, 1.165) is 17.8 Å². The SMILES string of the molecule is Cc1ncsc1CN(C)Cc1cc(F)cc(C#N)c1. The van der Waals surface area contributed by atoms with Crippen molar-refractivity contribution >= 4 is 11.3 Å². The molecule has 19 heavy (non-hydrogen) atoms. The molecule has 0 unspecified atom stereocenters. The molecular formula is C14H14FN3S. The monoisotopic (exact) mass is 275 g/mol. The van der Waals surface area contributed by atoms with Crippen molar-refractivity contribution in [3.8, 4) is 6.07 Å². The molecule has 0 bridgehead atoms. The molecule has 3 nitrogen and oxygen atoms in total. The third-order valence-corrected chi connectivity index (χ3v) is 3.72. The molecule has 98 valence electrons. The number of nitrogens with zero attached hydrogens (tertiary/aromatic N) is 3. The molecule has 0 N–H and O–H groups in total. The Labute approximate surface area is 115 Å². The zero-order valence-corrected chi connectivity index (χ0v) is 11.7. The Hall–Kier alpha value is -1.77. The van der Waals surface area contributed by atoms with E-state index in [9.17, 15) is 4.39 Å². The number of hydrogen-bond donors (Lipinski definition) is 0. The second kappa shape index (κ2) is 5.91. The minimum atomic E-state index is -0.364. The fourth-order valence-electron chi connectivity index (χ4n) is 1.90. The summed E-state index contributed by atoms with van der Waals surface area (Å²) in [4.78, 5) is 7.49. The Kier molecular flexibility index (Phi) is 4.25. The first-order chi connectivity index (χ1) is 9.08. The van der Waals surface area contributed by atoms with Crippen molar-refractivity contribution in [2.75, 3.05) is 7.05 Å². The van der Waals surface area contributed by atoms with Crippen LogP contribution in [0.4, 0.5) is 4.39 Å². The minimum absolute atomic E-state index is 0.359. The zero-order chi connectivity index (χ0) is 13.8. The Bertz CT molecular complexity index is 615. The first-order valence-corrected chi connectivity index (χ1v) is 6.73. The van der Waals surface area contributed by atoms with E-state index in [-0.39, 0.29) is 5.82 Å². The van der Waals surface area contributed by atoms with E-state index < -0.39 is 0 Å². The second-order valence-corrected chi connectivity index (χ2v) is 5.43. The number of nitriles is 1. The predicted octanol–water partition coefficient (Wildman–Crippen LogP) is 3.09. The number of aryl methyl sites for hydroxylation is 1. The summed E-state index contributed by atoms with van der Waals surface area (Å²) in [7, 11) is 1.97. The number of aromatic nitrogens is 1. The van der Waals surface area contributed by atoms with Crippen LogP contribution in [0.5, 0.6) is 0 Å². The highest BCUT2D eigenvalue weighted by Crippen LogP contribution is 2.16. The van der Waals surface area contributed by atoms with E-state index in [1.165, 1.54) is 17.0 Å². The average Bonchev–Trinajstić information content (AvgIpc) is 2.74. The van der Waals surface area contributed by atoms with Crippen molar-refractivity contribution in [1.29, 1.82) is 5.26 Å². The van der Waals surface area contributed by atoms with Gasteiger partial charge in [-0.05, 0) is 37.7 Å². The van der Waals surface area contributed by atoms with Crippen molar-refractivity contribution in [2.45, 2.75) is 20.0 Å². The van der Waals surface area contributed by atoms with Crippen LogP contribution < -0.4 is 0 Å². The van der Waals surface area contributed by atoms with Crippen LogP contribution in [0.1, 0.15) is 21.7 Å². The Morgan fingerprint density at radius 3 is 2.79 bits per heavy atom. The van der Waals surface area contributed by atoms with Crippen molar-refractivity contribution < 1.29 is 4.39 Å². The minimum Gasteiger partial charge on any atom is -0.297 e. The number of benzene rings is 1. The van der Waals surface area contributed by atoms with Crippen molar-refractivity contribution in [2.24, 2.45) is 0 Å². The molecule has 2 aromatic rings. The van der Waals surface area contributed by atoms with Crippen LogP contribution in [-0.4, -0.2) is 16.9 Å². The third-order valence-electron chi connectivity index (χ3n) is 2.80. The van der Waals surface area contributed by atoms with Gasteiger partial charge in [0.15, 0.2) is 0 Å². The number of thiazole rings is 1. The fourth-order valence-corrected chi connectivity index (χ4v) is 2.75. The van der Waals surface area contributed by atoms with Gasteiger partial charge in [0.25, 0.3) is 0 Å². The van der Waals surface area contributed by atoms with E-state index in [4.69, 9.17) is 5.26 Å². The van der Waals surface area contributed by atoms with Gasteiger partial charge in [0, 0.05) is 18.0 Å². The maximum absolute atomic E-state index is 13.3. The molecule has 0 amide bonds. The molecule has 2 rings (SSSR count). The number of halogens is 1. The van der Waals surface area contributed by atoms with Gasteiger partial charge in [0.05, 0.1) is 22.8 Å². The molecule has 0 atom stereocenters. The lowest BCUT2D eigenvalue weighted by Crippen LogP contribution is -2.17. The second-order valence-electron chi connectivity index (χ2n) is 4.49. The molecule has 0 radical (unpaired) electrons. The molecule has 0 spiro atoms. The summed E-state index contributed by atoms with van der Waals surface area (Å²) in [5, 5.41) is 8.83. The molecule has 0 saturated carbocycles. The van der Waals surface area contributed by atoms with E-state index in [0.29, 0.717) is 12.1 Å². The summed E-state index contributed by atoms with van der Waals surface area (Å²) in [6, 6.07) is 6.41. The van der Waals surface area contributed by atoms with Crippen LogP contribution in [0, 0.1) is 24.1 Å². The molecule has 0 aliphatic heterocycles. The van der Waals surface area contributed by atoms with Crippen LogP contribution in [0.15, 0.2) is 23.7 Å². The summed E-state index contributed by atoms with van der Waals surface area (Å²) >= 11 is 1.62. The third kappa shape index (κ3) is 3.60. The average molecular weight is 275 g/mol.